The summed E-state index contributed by atoms with van der Waals surface area (Å²) in [4.78, 5) is 2.56. The van der Waals surface area contributed by atoms with Crippen LogP contribution < -0.4 is 10.1 Å². The highest BCUT2D eigenvalue weighted by Crippen LogP contribution is 2.22. The number of nitrogens with one attached hydrogen (secondary N) is 1. The molecule has 25 heavy (non-hydrogen) atoms. The topological polar surface area (TPSA) is 24.5 Å². The lowest BCUT2D eigenvalue weighted by Crippen LogP contribution is -2.37. The number of benzene rings is 2. The van der Waals surface area contributed by atoms with E-state index in [1.54, 1.807) is 0 Å². The van der Waals surface area contributed by atoms with Gasteiger partial charge in [-0.1, -0.05) is 54.9 Å². The highest BCUT2D eigenvalue weighted by molar-refractivity contribution is 6.31. The Bertz CT molecular complexity index is 676. The highest BCUT2D eigenvalue weighted by atomic mass is 35.5. The first-order valence-corrected chi connectivity index (χ1v) is 9.54. The summed E-state index contributed by atoms with van der Waals surface area (Å²) >= 11 is 6.22. The quantitative estimate of drug-likeness (QED) is 0.752. The Kier molecular flexibility index (Phi) is 6.74. The SMILES string of the molecule is CCN1CCC[C@H]1CNCc1ccccc1OCc1ccccc1Cl. The van der Waals surface area contributed by atoms with Gasteiger partial charge in [0.25, 0.3) is 0 Å². The van der Waals surface area contributed by atoms with E-state index in [2.05, 4.69) is 29.3 Å². The number of para-hydroxylation sites is 1. The van der Waals surface area contributed by atoms with Crippen LogP contribution in [0.4, 0.5) is 0 Å². The van der Waals surface area contributed by atoms with Crippen LogP contribution in [0, 0.1) is 0 Å². The van der Waals surface area contributed by atoms with Crippen molar-refractivity contribution in [3.05, 3.63) is 64.7 Å². The number of likely N-dealkylation sites (N-methyl/N-ethyl adjacent to an activating group) is 1. The minimum Gasteiger partial charge on any atom is -0.489 e. The molecular weight excluding hydrogens is 332 g/mol. The van der Waals surface area contributed by atoms with Crippen molar-refractivity contribution < 1.29 is 4.74 Å². The molecule has 0 saturated carbocycles. The van der Waals surface area contributed by atoms with E-state index in [1.165, 1.54) is 24.9 Å². The molecule has 0 amide bonds. The molecule has 1 aliphatic rings. The molecular formula is C21H27ClN2O. The standard InChI is InChI=1S/C21H27ClN2O/c1-2-24-13-7-10-19(24)15-23-14-17-8-4-6-12-21(17)25-16-18-9-3-5-11-20(18)22/h3-6,8-9,11-12,19,23H,2,7,10,13-16H2,1H3/t19-/m0/s1. The van der Waals surface area contributed by atoms with E-state index in [-0.39, 0.29) is 0 Å². The molecule has 1 atom stereocenters. The van der Waals surface area contributed by atoms with Crippen LogP contribution in [-0.4, -0.2) is 30.6 Å². The fourth-order valence-corrected chi connectivity index (χ4v) is 3.67. The molecule has 4 heteroatoms. The number of hydrogen-bond donors (Lipinski definition) is 1. The van der Waals surface area contributed by atoms with E-state index in [1.807, 2.05) is 36.4 Å². The van der Waals surface area contributed by atoms with Gasteiger partial charge in [0.1, 0.15) is 12.4 Å². The van der Waals surface area contributed by atoms with Gasteiger partial charge >= 0.3 is 0 Å². The number of likely N-dealkylation sites (tertiary alicyclic amines) is 1. The largest absolute Gasteiger partial charge is 0.489 e. The van der Waals surface area contributed by atoms with Crippen molar-refractivity contribution in [2.45, 2.75) is 39.0 Å². The van der Waals surface area contributed by atoms with Gasteiger partial charge in [-0.3, -0.25) is 4.90 Å². The van der Waals surface area contributed by atoms with Crippen LogP contribution in [0.3, 0.4) is 0 Å². The summed E-state index contributed by atoms with van der Waals surface area (Å²) < 4.78 is 6.03. The predicted molar refractivity (Wildman–Crippen MR) is 104 cm³/mol. The Morgan fingerprint density at radius 2 is 1.88 bits per heavy atom. The lowest BCUT2D eigenvalue weighted by Gasteiger charge is -2.23. The van der Waals surface area contributed by atoms with Gasteiger partial charge in [-0.15, -0.1) is 0 Å². The zero-order valence-electron chi connectivity index (χ0n) is 14.9. The fourth-order valence-electron chi connectivity index (χ4n) is 3.48. The molecule has 3 rings (SSSR count). The van der Waals surface area contributed by atoms with Crippen LogP contribution in [0.25, 0.3) is 0 Å². The molecule has 134 valence electrons. The van der Waals surface area contributed by atoms with Gasteiger partial charge in [-0.25, -0.2) is 0 Å². The van der Waals surface area contributed by atoms with E-state index < -0.39 is 0 Å². The predicted octanol–water partition coefficient (Wildman–Crippen LogP) is 4.49. The maximum atomic E-state index is 6.22. The van der Waals surface area contributed by atoms with Gasteiger partial charge in [-0.05, 0) is 38.1 Å². The summed E-state index contributed by atoms with van der Waals surface area (Å²) in [7, 11) is 0. The van der Waals surface area contributed by atoms with Crippen molar-refractivity contribution in [1.29, 1.82) is 0 Å². The van der Waals surface area contributed by atoms with Crippen LogP contribution in [0.5, 0.6) is 5.75 Å². The summed E-state index contributed by atoms with van der Waals surface area (Å²) in [5, 5.41) is 4.36. The highest BCUT2D eigenvalue weighted by Gasteiger charge is 2.22. The van der Waals surface area contributed by atoms with Gasteiger partial charge in [0.2, 0.25) is 0 Å². The van der Waals surface area contributed by atoms with E-state index in [9.17, 15) is 0 Å². The number of ether oxygens (including phenoxy) is 1. The van der Waals surface area contributed by atoms with Crippen LogP contribution in [0.1, 0.15) is 30.9 Å². The maximum absolute atomic E-state index is 6.22. The van der Waals surface area contributed by atoms with E-state index in [0.29, 0.717) is 12.6 Å². The number of halogens is 1. The fraction of sp³-hybridized carbons (Fsp3) is 0.429. The second-order valence-electron chi connectivity index (χ2n) is 6.54. The zero-order chi connectivity index (χ0) is 17.5. The first-order chi connectivity index (χ1) is 12.3. The molecule has 0 aliphatic carbocycles. The molecule has 3 nitrogen and oxygen atoms in total. The van der Waals surface area contributed by atoms with Gasteiger partial charge in [0.15, 0.2) is 0 Å². The molecule has 0 bridgehead atoms. The van der Waals surface area contributed by atoms with Crippen molar-refractivity contribution in [3.8, 4) is 5.75 Å². The van der Waals surface area contributed by atoms with E-state index >= 15 is 0 Å². The Morgan fingerprint density at radius 1 is 1.12 bits per heavy atom. The summed E-state index contributed by atoms with van der Waals surface area (Å²) in [6.45, 7) is 6.97. The molecule has 1 aliphatic heterocycles. The van der Waals surface area contributed by atoms with E-state index in [4.69, 9.17) is 16.3 Å². The summed E-state index contributed by atoms with van der Waals surface area (Å²) in [5.74, 6) is 0.925. The molecule has 1 saturated heterocycles. The van der Waals surface area contributed by atoms with Gasteiger partial charge < -0.3 is 10.1 Å². The summed E-state index contributed by atoms with van der Waals surface area (Å²) in [5.41, 5.74) is 2.20. The van der Waals surface area contributed by atoms with E-state index in [0.717, 1.165) is 36.0 Å². The molecule has 2 aromatic rings. The van der Waals surface area contributed by atoms with Gasteiger partial charge in [0.05, 0.1) is 0 Å². The van der Waals surface area contributed by atoms with Crippen LogP contribution in [0.2, 0.25) is 5.02 Å². The smallest absolute Gasteiger partial charge is 0.124 e. The number of nitrogens with zero attached hydrogens (tertiary/aromatic N) is 1. The second kappa shape index (κ2) is 9.23. The average Bonchev–Trinajstić information content (AvgIpc) is 3.09. The Morgan fingerprint density at radius 3 is 2.68 bits per heavy atom. The molecule has 0 radical (unpaired) electrons. The van der Waals surface area contributed by atoms with Gasteiger partial charge in [-0.2, -0.15) is 0 Å². The lowest BCUT2D eigenvalue weighted by atomic mass is 10.1. The number of rotatable bonds is 8. The third kappa shape index (κ3) is 4.97. The van der Waals surface area contributed by atoms with Crippen molar-refractivity contribution in [2.75, 3.05) is 19.6 Å². The lowest BCUT2D eigenvalue weighted by molar-refractivity contribution is 0.259. The normalized spacial score (nSPS) is 17.8. The molecule has 0 aromatic heterocycles. The van der Waals surface area contributed by atoms with Crippen LogP contribution in [0.15, 0.2) is 48.5 Å². The van der Waals surface area contributed by atoms with Crippen molar-refractivity contribution >= 4 is 11.6 Å². The number of hydrogen-bond acceptors (Lipinski definition) is 3. The molecule has 1 N–H and O–H groups in total. The maximum Gasteiger partial charge on any atom is 0.124 e. The Balaban J connectivity index is 1.55. The molecule has 1 heterocycles. The minimum atomic E-state index is 0.489. The third-order valence-electron chi connectivity index (χ3n) is 4.91. The summed E-state index contributed by atoms with van der Waals surface area (Å²) in [6.07, 6.45) is 2.61. The Labute approximate surface area is 155 Å². The summed E-state index contributed by atoms with van der Waals surface area (Å²) in [6, 6.07) is 16.7. The van der Waals surface area contributed by atoms with Crippen LogP contribution in [-0.2, 0) is 13.2 Å². The molecule has 0 unspecified atom stereocenters. The van der Waals surface area contributed by atoms with Gasteiger partial charge in [0, 0.05) is 35.3 Å². The zero-order valence-corrected chi connectivity index (χ0v) is 15.6. The minimum absolute atomic E-state index is 0.489. The Hall–Kier alpha value is -1.55. The molecule has 0 spiro atoms. The molecule has 1 fully saturated rings. The second-order valence-corrected chi connectivity index (χ2v) is 6.95. The first kappa shape index (κ1) is 18.2. The monoisotopic (exact) mass is 358 g/mol. The van der Waals surface area contributed by atoms with Crippen molar-refractivity contribution in [3.63, 3.8) is 0 Å². The van der Waals surface area contributed by atoms with Crippen molar-refractivity contribution in [2.24, 2.45) is 0 Å². The first-order valence-electron chi connectivity index (χ1n) is 9.16. The molecule has 2 aromatic carbocycles. The average molecular weight is 359 g/mol. The third-order valence-corrected chi connectivity index (χ3v) is 5.28. The van der Waals surface area contributed by atoms with Crippen LogP contribution >= 0.6 is 11.6 Å². The van der Waals surface area contributed by atoms with Crippen molar-refractivity contribution in [1.82, 2.24) is 10.2 Å².